The van der Waals surface area contributed by atoms with Crippen LogP contribution in [0.3, 0.4) is 0 Å². The zero-order valence-corrected chi connectivity index (χ0v) is 12.9. The van der Waals surface area contributed by atoms with E-state index in [1.165, 1.54) is 0 Å². The van der Waals surface area contributed by atoms with Crippen LogP contribution in [-0.4, -0.2) is 27.5 Å². The number of carbonyl (C=O) groups excluding carboxylic acids is 1. The Bertz CT molecular complexity index is 665. The highest BCUT2D eigenvalue weighted by Crippen LogP contribution is 2.40. The molecule has 0 spiro atoms. The van der Waals surface area contributed by atoms with E-state index in [0.29, 0.717) is 24.5 Å². The van der Waals surface area contributed by atoms with Crippen molar-refractivity contribution >= 4 is 17.3 Å². The van der Waals surface area contributed by atoms with Gasteiger partial charge in [0.25, 0.3) is 0 Å². The van der Waals surface area contributed by atoms with Crippen molar-refractivity contribution in [3.05, 3.63) is 39.4 Å². The number of hydrogen-bond donors (Lipinski definition) is 0. The lowest BCUT2D eigenvalue weighted by Crippen LogP contribution is -2.12. The molecule has 6 heteroatoms. The lowest BCUT2D eigenvalue weighted by molar-refractivity contribution is 0.0524. The third kappa shape index (κ3) is 3.26. The van der Waals surface area contributed by atoms with Crippen LogP contribution in [0.4, 0.5) is 0 Å². The maximum absolute atomic E-state index is 12.0. The van der Waals surface area contributed by atoms with Gasteiger partial charge in [-0.1, -0.05) is 0 Å². The van der Waals surface area contributed by atoms with E-state index in [1.54, 1.807) is 24.5 Å². The van der Waals surface area contributed by atoms with Crippen LogP contribution < -0.4 is 0 Å². The van der Waals surface area contributed by atoms with E-state index >= 15 is 0 Å². The molecule has 1 aliphatic carbocycles. The van der Waals surface area contributed by atoms with Crippen LogP contribution >= 0.6 is 11.3 Å². The molecule has 2 aromatic heterocycles. The number of hydrogen-bond acceptors (Lipinski definition) is 6. The van der Waals surface area contributed by atoms with E-state index in [0.717, 1.165) is 35.1 Å². The zero-order valence-electron chi connectivity index (χ0n) is 12.1. The van der Waals surface area contributed by atoms with Crippen molar-refractivity contribution in [3.8, 4) is 0 Å². The van der Waals surface area contributed by atoms with Gasteiger partial charge >= 0.3 is 5.97 Å². The molecule has 0 amide bonds. The molecule has 1 fully saturated rings. The fourth-order valence-electron chi connectivity index (χ4n) is 2.20. The zero-order chi connectivity index (χ0) is 14.8. The smallest absolute Gasteiger partial charge is 0.341 e. The van der Waals surface area contributed by atoms with Crippen LogP contribution in [0.5, 0.6) is 0 Å². The van der Waals surface area contributed by atoms with E-state index in [1.807, 2.05) is 12.3 Å². The molecule has 110 valence electrons. The standard InChI is InChI=1S/C15H17N3O2S/c1-3-20-15(19)12-7-16-13(18-14(12)10-4-5-10)6-11-8-21-9(2)17-11/h7-8,10H,3-6H2,1-2H3. The molecule has 0 saturated heterocycles. The van der Waals surface area contributed by atoms with Crippen molar-refractivity contribution in [2.45, 2.75) is 39.0 Å². The Kier molecular flexibility index (Phi) is 3.96. The third-order valence-corrected chi connectivity index (χ3v) is 4.16. The van der Waals surface area contributed by atoms with Gasteiger partial charge in [-0.05, 0) is 26.7 Å². The molecular formula is C15H17N3O2S. The molecule has 0 N–H and O–H groups in total. The molecule has 2 aromatic rings. The SMILES string of the molecule is CCOC(=O)c1cnc(Cc2csc(C)n2)nc1C1CC1. The van der Waals surface area contributed by atoms with Gasteiger partial charge in [0.1, 0.15) is 5.82 Å². The van der Waals surface area contributed by atoms with Gasteiger partial charge in [0.15, 0.2) is 0 Å². The quantitative estimate of drug-likeness (QED) is 0.795. The Morgan fingerprint density at radius 2 is 2.24 bits per heavy atom. The summed E-state index contributed by atoms with van der Waals surface area (Å²) in [6.07, 6.45) is 4.37. The summed E-state index contributed by atoms with van der Waals surface area (Å²) in [5, 5.41) is 3.06. The predicted octanol–water partition coefficient (Wildman–Crippen LogP) is 2.89. The first-order chi connectivity index (χ1) is 10.2. The Balaban J connectivity index is 1.86. The second-order valence-electron chi connectivity index (χ2n) is 5.11. The number of ether oxygens (including phenoxy) is 1. The molecule has 21 heavy (non-hydrogen) atoms. The molecule has 1 aliphatic rings. The monoisotopic (exact) mass is 303 g/mol. The van der Waals surface area contributed by atoms with Crippen LogP contribution in [0.15, 0.2) is 11.6 Å². The van der Waals surface area contributed by atoms with E-state index in [9.17, 15) is 4.79 Å². The number of rotatable bonds is 5. The molecule has 0 atom stereocenters. The summed E-state index contributed by atoms with van der Waals surface area (Å²) in [6.45, 7) is 4.14. The van der Waals surface area contributed by atoms with Crippen molar-refractivity contribution in [1.29, 1.82) is 0 Å². The summed E-state index contributed by atoms with van der Waals surface area (Å²) in [5.74, 6) is 0.772. The molecule has 3 rings (SSSR count). The van der Waals surface area contributed by atoms with Crippen LogP contribution in [0.1, 0.15) is 58.3 Å². The topological polar surface area (TPSA) is 65.0 Å². The van der Waals surface area contributed by atoms with E-state index in [4.69, 9.17) is 4.74 Å². The minimum Gasteiger partial charge on any atom is -0.462 e. The summed E-state index contributed by atoms with van der Waals surface area (Å²) in [7, 11) is 0. The van der Waals surface area contributed by atoms with Crippen LogP contribution in [-0.2, 0) is 11.2 Å². The number of aromatic nitrogens is 3. The fourth-order valence-corrected chi connectivity index (χ4v) is 2.82. The first kappa shape index (κ1) is 14.1. The van der Waals surface area contributed by atoms with Crippen molar-refractivity contribution < 1.29 is 9.53 Å². The Morgan fingerprint density at radius 1 is 1.43 bits per heavy atom. The summed E-state index contributed by atoms with van der Waals surface area (Å²) in [6, 6.07) is 0. The molecule has 0 radical (unpaired) electrons. The van der Waals surface area contributed by atoms with Gasteiger partial charge in [-0.3, -0.25) is 0 Å². The van der Waals surface area contributed by atoms with Gasteiger partial charge in [0.2, 0.25) is 0 Å². The number of carbonyl (C=O) groups is 1. The number of esters is 1. The number of aryl methyl sites for hydroxylation is 1. The first-order valence-electron chi connectivity index (χ1n) is 7.11. The summed E-state index contributed by atoms with van der Waals surface area (Å²) in [5.41, 5.74) is 2.33. The Morgan fingerprint density at radius 3 is 2.86 bits per heavy atom. The first-order valence-corrected chi connectivity index (χ1v) is 7.99. The second kappa shape index (κ2) is 5.89. The van der Waals surface area contributed by atoms with E-state index in [-0.39, 0.29) is 5.97 Å². The van der Waals surface area contributed by atoms with Gasteiger partial charge in [-0.15, -0.1) is 11.3 Å². The normalized spacial score (nSPS) is 14.2. The molecule has 0 aromatic carbocycles. The van der Waals surface area contributed by atoms with Crippen LogP contribution in [0.25, 0.3) is 0 Å². The maximum atomic E-state index is 12.0. The van der Waals surface area contributed by atoms with Gasteiger partial charge in [-0.25, -0.2) is 19.7 Å². The number of nitrogens with zero attached hydrogens (tertiary/aromatic N) is 3. The lowest BCUT2D eigenvalue weighted by Gasteiger charge is -2.08. The summed E-state index contributed by atoms with van der Waals surface area (Å²) < 4.78 is 5.08. The van der Waals surface area contributed by atoms with Crippen molar-refractivity contribution in [2.75, 3.05) is 6.61 Å². The van der Waals surface area contributed by atoms with Gasteiger partial charge < -0.3 is 4.74 Å². The molecule has 1 saturated carbocycles. The molecule has 0 unspecified atom stereocenters. The minimum absolute atomic E-state index is 0.324. The highest BCUT2D eigenvalue weighted by Gasteiger charge is 2.31. The highest BCUT2D eigenvalue weighted by molar-refractivity contribution is 7.09. The Hall–Kier alpha value is -1.82. The molecule has 0 aliphatic heterocycles. The fraction of sp³-hybridized carbons (Fsp3) is 0.467. The summed E-state index contributed by atoms with van der Waals surface area (Å²) in [4.78, 5) is 25.3. The summed E-state index contributed by atoms with van der Waals surface area (Å²) >= 11 is 1.62. The van der Waals surface area contributed by atoms with Gasteiger partial charge in [0.05, 0.1) is 35.0 Å². The average Bonchev–Trinajstić information content (AvgIpc) is 3.23. The van der Waals surface area contributed by atoms with Crippen LogP contribution in [0, 0.1) is 6.92 Å². The van der Waals surface area contributed by atoms with E-state index < -0.39 is 0 Å². The van der Waals surface area contributed by atoms with Crippen molar-refractivity contribution in [1.82, 2.24) is 15.0 Å². The largest absolute Gasteiger partial charge is 0.462 e. The molecule has 5 nitrogen and oxygen atoms in total. The minimum atomic E-state index is -0.324. The third-order valence-electron chi connectivity index (χ3n) is 3.33. The van der Waals surface area contributed by atoms with E-state index in [2.05, 4.69) is 15.0 Å². The molecule has 2 heterocycles. The number of thiazole rings is 1. The average molecular weight is 303 g/mol. The highest BCUT2D eigenvalue weighted by atomic mass is 32.1. The molecular weight excluding hydrogens is 286 g/mol. The van der Waals surface area contributed by atoms with Gasteiger partial charge in [0, 0.05) is 17.5 Å². The predicted molar refractivity (Wildman–Crippen MR) is 79.6 cm³/mol. The van der Waals surface area contributed by atoms with Crippen molar-refractivity contribution in [2.24, 2.45) is 0 Å². The van der Waals surface area contributed by atoms with Crippen molar-refractivity contribution in [3.63, 3.8) is 0 Å². The van der Waals surface area contributed by atoms with Crippen LogP contribution in [0.2, 0.25) is 0 Å². The Labute approximate surface area is 127 Å². The second-order valence-corrected chi connectivity index (χ2v) is 6.18. The lowest BCUT2D eigenvalue weighted by atomic mass is 10.1. The maximum Gasteiger partial charge on any atom is 0.341 e. The molecule has 0 bridgehead atoms. The van der Waals surface area contributed by atoms with Gasteiger partial charge in [-0.2, -0.15) is 0 Å².